The minimum Gasteiger partial charge on any atom is -0.444 e. The highest BCUT2D eigenvalue weighted by Crippen LogP contribution is 2.21. The summed E-state index contributed by atoms with van der Waals surface area (Å²) >= 11 is 3.41. The number of benzene rings is 1. The van der Waals surface area contributed by atoms with Crippen molar-refractivity contribution in [1.29, 1.82) is 0 Å². The van der Waals surface area contributed by atoms with Crippen molar-refractivity contribution in [2.24, 2.45) is 0 Å². The molecular formula is C17H21BrN2O2. The monoisotopic (exact) mass is 364 g/mol. The molecule has 1 fully saturated rings. The van der Waals surface area contributed by atoms with Gasteiger partial charge >= 0.3 is 6.09 Å². The summed E-state index contributed by atoms with van der Waals surface area (Å²) in [7, 11) is 0. The van der Waals surface area contributed by atoms with E-state index in [0.29, 0.717) is 12.2 Å². The topological polar surface area (TPSA) is 55.6 Å². The van der Waals surface area contributed by atoms with Crippen LogP contribution in [0.25, 0.3) is 0 Å². The van der Waals surface area contributed by atoms with Crippen molar-refractivity contribution in [3.8, 4) is 11.8 Å². The van der Waals surface area contributed by atoms with Gasteiger partial charge in [-0.3, -0.25) is 4.90 Å². The summed E-state index contributed by atoms with van der Waals surface area (Å²) in [4.78, 5) is 13.9. The number of carbonyl (C=O) groups is 1. The number of nitrogens with two attached hydrogens (primary N) is 1. The van der Waals surface area contributed by atoms with Crippen LogP contribution in [0.3, 0.4) is 0 Å². The molecule has 4 nitrogen and oxygen atoms in total. The van der Waals surface area contributed by atoms with Gasteiger partial charge in [-0.05, 0) is 51.8 Å². The van der Waals surface area contributed by atoms with E-state index in [1.165, 1.54) is 0 Å². The van der Waals surface area contributed by atoms with Gasteiger partial charge in [-0.1, -0.05) is 27.8 Å². The molecule has 1 aromatic carbocycles. The second-order valence-electron chi connectivity index (χ2n) is 6.33. The van der Waals surface area contributed by atoms with Gasteiger partial charge in [-0.2, -0.15) is 0 Å². The van der Waals surface area contributed by atoms with Crippen LogP contribution in [-0.4, -0.2) is 29.2 Å². The molecule has 1 aliphatic rings. The minimum absolute atomic E-state index is 0.117. The number of amides is 1. The van der Waals surface area contributed by atoms with Crippen LogP contribution in [0.2, 0.25) is 0 Å². The van der Waals surface area contributed by atoms with Gasteiger partial charge in [0.05, 0.1) is 6.04 Å². The van der Waals surface area contributed by atoms with Crippen molar-refractivity contribution in [3.05, 3.63) is 28.2 Å². The first-order valence-corrected chi connectivity index (χ1v) is 8.12. The zero-order chi connectivity index (χ0) is 16.3. The summed E-state index contributed by atoms with van der Waals surface area (Å²) in [5, 5.41) is 0. The zero-order valence-corrected chi connectivity index (χ0v) is 14.7. The normalized spacial score (nSPS) is 17.8. The van der Waals surface area contributed by atoms with Gasteiger partial charge in [0.1, 0.15) is 5.60 Å². The molecule has 0 bridgehead atoms. The van der Waals surface area contributed by atoms with Crippen LogP contribution in [0.1, 0.15) is 39.2 Å². The number of anilines is 1. The molecule has 0 aromatic heterocycles. The molecular weight excluding hydrogens is 344 g/mol. The van der Waals surface area contributed by atoms with Gasteiger partial charge in [0.15, 0.2) is 0 Å². The highest BCUT2D eigenvalue weighted by molar-refractivity contribution is 9.10. The molecule has 1 atom stereocenters. The van der Waals surface area contributed by atoms with Crippen molar-refractivity contribution >= 4 is 27.7 Å². The Labute approximate surface area is 140 Å². The Morgan fingerprint density at radius 3 is 2.86 bits per heavy atom. The SMILES string of the molecule is CC(C)(C)OC(=O)N1CCC[C@H]1C#Cc1cc(Br)ccc1N. The van der Waals surface area contributed by atoms with E-state index in [2.05, 4.69) is 27.8 Å². The summed E-state index contributed by atoms with van der Waals surface area (Å²) in [6.07, 6.45) is 1.50. The average Bonchev–Trinajstić information content (AvgIpc) is 2.86. The summed E-state index contributed by atoms with van der Waals surface area (Å²) < 4.78 is 6.37. The van der Waals surface area contributed by atoms with Crippen LogP contribution in [0.5, 0.6) is 0 Å². The molecule has 1 heterocycles. The molecule has 0 saturated carbocycles. The first-order chi connectivity index (χ1) is 10.3. The van der Waals surface area contributed by atoms with E-state index in [-0.39, 0.29) is 12.1 Å². The van der Waals surface area contributed by atoms with Crippen LogP contribution < -0.4 is 5.73 Å². The van der Waals surface area contributed by atoms with E-state index in [9.17, 15) is 4.79 Å². The third-order valence-electron chi connectivity index (χ3n) is 3.27. The molecule has 5 heteroatoms. The Hall–Kier alpha value is -1.67. The van der Waals surface area contributed by atoms with E-state index in [1.807, 2.05) is 39.0 Å². The number of halogens is 1. The molecule has 0 unspecified atom stereocenters. The fourth-order valence-electron chi connectivity index (χ4n) is 2.25. The Balaban J connectivity index is 2.14. The van der Waals surface area contributed by atoms with Gasteiger partial charge in [0.2, 0.25) is 0 Å². The molecule has 22 heavy (non-hydrogen) atoms. The summed E-state index contributed by atoms with van der Waals surface area (Å²) in [5.41, 5.74) is 6.84. The third kappa shape index (κ3) is 4.41. The molecule has 0 spiro atoms. The van der Waals surface area contributed by atoms with Crippen molar-refractivity contribution in [2.75, 3.05) is 12.3 Å². The zero-order valence-electron chi connectivity index (χ0n) is 13.1. The number of rotatable bonds is 0. The maximum absolute atomic E-state index is 12.2. The fourth-order valence-corrected chi connectivity index (χ4v) is 2.61. The predicted molar refractivity (Wildman–Crippen MR) is 91.4 cm³/mol. The van der Waals surface area contributed by atoms with E-state index >= 15 is 0 Å². The summed E-state index contributed by atoms with van der Waals surface area (Å²) in [6, 6.07) is 5.46. The fraction of sp³-hybridized carbons (Fsp3) is 0.471. The molecule has 1 saturated heterocycles. The number of hydrogen-bond acceptors (Lipinski definition) is 3. The van der Waals surface area contributed by atoms with Crippen molar-refractivity contribution < 1.29 is 9.53 Å². The first-order valence-electron chi connectivity index (χ1n) is 7.32. The number of nitrogens with zero attached hydrogens (tertiary/aromatic N) is 1. The molecule has 0 aliphatic carbocycles. The lowest BCUT2D eigenvalue weighted by atomic mass is 10.1. The lowest BCUT2D eigenvalue weighted by Gasteiger charge is -2.26. The van der Waals surface area contributed by atoms with Gasteiger partial charge < -0.3 is 10.5 Å². The molecule has 1 amide bonds. The number of hydrogen-bond donors (Lipinski definition) is 1. The lowest BCUT2D eigenvalue weighted by molar-refractivity contribution is 0.0261. The molecule has 0 radical (unpaired) electrons. The Kier molecular flexibility index (Phi) is 5.02. The number of ether oxygens (including phenoxy) is 1. The molecule has 1 aliphatic heterocycles. The van der Waals surface area contributed by atoms with Gasteiger partial charge in [0.25, 0.3) is 0 Å². The highest BCUT2D eigenvalue weighted by Gasteiger charge is 2.31. The average molecular weight is 365 g/mol. The first kappa shape index (κ1) is 16.7. The van der Waals surface area contributed by atoms with Crippen molar-refractivity contribution in [3.63, 3.8) is 0 Å². The second-order valence-corrected chi connectivity index (χ2v) is 7.25. The van der Waals surface area contributed by atoms with E-state index in [4.69, 9.17) is 10.5 Å². The molecule has 1 aromatic rings. The highest BCUT2D eigenvalue weighted by atomic mass is 79.9. The van der Waals surface area contributed by atoms with E-state index in [1.54, 1.807) is 4.90 Å². The smallest absolute Gasteiger partial charge is 0.411 e. The lowest BCUT2D eigenvalue weighted by Crippen LogP contribution is -2.39. The van der Waals surface area contributed by atoms with Crippen molar-refractivity contribution in [1.82, 2.24) is 4.90 Å². The van der Waals surface area contributed by atoms with E-state index in [0.717, 1.165) is 22.9 Å². The minimum atomic E-state index is -0.494. The van der Waals surface area contributed by atoms with Crippen LogP contribution in [0.15, 0.2) is 22.7 Å². The second kappa shape index (κ2) is 6.62. The van der Waals surface area contributed by atoms with Crippen LogP contribution >= 0.6 is 15.9 Å². The summed E-state index contributed by atoms with van der Waals surface area (Å²) in [5.74, 6) is 6.25. The Bertz CT molecular complexity index is 626. The predicted octanol–water partition coefficient (Wildman–Crippen LogP) is 3.78. The van der Waals surface area contributed by atoms with Gasteiger partial charge in [-0.15, -0.1) is 0 Å². The third-order valence-corrected chi connectivity index (χ3v) is 3.76. The van der Waals surface area contributed by atoms with Crippen LogP contribution in [-0.2, 0) is 4.74 Å². The Morgan fingerprint density at radius 1 is 1.45 bits per heavy atom. The summed E-state index contributed by atoms with van der Waals surface area (Å²) in [6.45, 7) is 6.28. The number of carbonyl (C=O) groups excluding carboxylic acids is 1. The van der Waals surface area contributed by atoms with E-state index < -0.39 is 5.60 Å². The number of likely N-dealkylation sites (tertiary alicyclic amines) is 1. The Morgan fingerprint density at radius 2 is 2.18 bits per heavy atom. The maximum atomic E-state index is 12.2. The van der Waals surface area contributed by atoms with Gasteiger partial charge in [-0.25, -0.2) is 4.79 Å². The quantitative estimate of drug-likeness (QED) is 0.562. The van der Waals surface area contributed by atoms with Crippen LogP contribution in [0.4, 0.5) is 10.5 Å². The van der Waals surface area contributed by atoms with Crippen LogP contribution in [0, 0.1) is 11.8 Å². The largest absolute Gasteiger partial charge is 0.444 e. The standard InChI is InChI=1S/C17H21BrN2O2/c1-17(2,3)22-16(21)20-10-4-5-14(20)8-6-12-11-13(18)7-9-15(12)19/h7,9,11,14H,4-5,10,19H2,1-3H3/t14-/m0/s1. The molecule has 2 rings (SSSR count). The molecule has 2 N–H and O–H groups in total. The maximum Gasteiger partial charge on any atom is 0.411 e. The van der Waals surface area contributed by atoms with Crippen molar-refractivity contribution in [2.45, 2.75) is 45.3 Å². The number of nitrogen functional groups attached to an aromatic ring is 1. The molecule has 118 valence electrons. The van der Waals surface area contributed by atoms with Gasteiger partial charge in [0, 0.05) is 22.3 Å².